The molecule has 0 bridgehead atoms. The van der Waals surface area contributed by atoms with E-state index >= 15 is 0 Å². The molecular weight excluding hydrogens is 214 g/mol. The van der Waals surface area contributed by atoms with Gasteiger partial charge in [0.15, 0.2) is 0 Å². The number of ether oxygens (including phenoxy) is 1. The molecule has 0 amide bonds. The number of aromatic nitrogens is 1. The van der Waals surface area contributed by atoms with Crippen molar-refractivity contribution < 1.29 is 9.53 Å². The molecule has 0 N–H and O–H groups in total. The van der Waals surface area contributed by atoms with E-state index in [1.165, 1.54) is 0 Å². The number of rotatable bonds is 4. The van der Waals surface area contributed by atoms with E-state index in [0.29, 0.717) is 5.88 Å². The van der Waals surface area contributed by atoms with Gasteiger partial charge in [0.2, 0.25) is 12.2 Å². The van der Waals surface area contributed by atoms with Crippen LogP contribution in [0.1, 0.15) is 13.8 Å². The number of benzene rings is 1. The summed E-state index contributed by atoms with van der Waals surface area (Å²) in [4.78, 5) is 15.0. The van der Waals surface area contributed by atoms with Gasteiger partial charge in [-0.1, -0.05) is 18.2 Å². The topological polar surface area (TPSA) is 39.2 Å². The zero-order valence-corrected chi connectivity index (χ0v) is 9.93. The van der Waals surface area contributed by atoms with Crippen molar-refractivity contribution in [2.75, 3.05) is 6.61 Å². The Bertz CT molecular complexity index is 534. The molecular formula is C14H14NO2. The summed E-state index contributed by atoms with van der Waals surface area (Å²) in [5.74, 6) is 0.534. The van der Waals surface area contributed by atoms with Crippen molar-refractivity contribution >= 4 is 17.2 Å². The molecule has 87 valence electrons. The van der Waals surface area contributed by atoms with Gasteiger partial charge in [0.1, 0.15) is 6.61 Å². The molecule has 1 heterocycles. The summed E-state index contributed by atoms with van der Waals surface area (Å²) in [6.07, 6.45) is 1.95. The van der Waals surface area contributed by atoms with Gasteiger partial charge in [-0.15, -0.1) is 0 Å². The maximum Gasteiger partial charge on any atom is 0.213 e. The van der Waals surface area contributed by atoms with Crippen LogP contribution in [-0.4, -0.2) is 17.9 Å². The Hall–Kier alpha value is -1.90. The second-order valence-corrected chi connectivity index (χ2v) is 4.62. The average Bonchev–Trinajstić information content (AvgIpc) is 2.36. The lowest BCUT2D eigenvalue weighted by Gasteiger charge is -2.16. The Morgan fingerprint density at radius 3 is 2.76 bits per heavy atom. The van der Waals surface area contributed by atoms with E-state index < -0.39 is 5.41 Å². The minimum atomic E-state index is -0.604. The number of hydrogen-bond donors (Lipinski definition) is 0. The highest BCUT2D eigenvalue weighted by Crippen LogP contribution is 2.18. The normalized spacial score (nSPS) is 11.4. The SMILES string of the molecule is CC(C)([C]=O)COc1ccc2ccccc2n1. The quantitative estimate of drug-likeness (QED) is 0.807. The van der Waals surface area contributed by atoms with Crippen LogP contribution in [0.25, 0.3) is 10.9 Å². The van der Waals surface area contributed by atoms with Crippen LogP contribution < -0.4 is 4.74 Å². The Labute approximate surface area is 100 Å². The molecule has 1 aromatic heterocycles. The van der Waals surface area contributed by atoms with Gasteiger partial charge in [0, 0.05) is 11.5 Å². The first-order chi connectivity index (χ1) is 8.11. The van der Waals surface area contributed by atoms with Crippen molar-refractivity contribution in [3.63, 3.8) is 0 Å². The first kappa shape index (κ1) is 11.6. The summed E-state index contributed by atoms with van der Waals surface area (Å²) in [6.45, 7) is 3.84. The predicted octanol–water partition coefficient (Wildman–Crippen LogP) is 2.75. The minimum Gasteiger partial charge on any atom is -0.477 e. The van der Waals surface area contributed by atoms with Crippen LogP contribution in [0, 0.1) is 5.41 Å². The highest BCUT2D eigenvalue weighted by Gasteiger charge is 2.19. The average molecular weight is 228 g/mol. The monoisotopic (exact) mass is 228 g/mol. The van der Waals surface area contributed by atoms with Crippen molar-refractivity contribution in [3.05, 3.63) is 36.4 Å². The van der Waals surface area contributed by atoms with Gasteiger partial charge in [-0.2, -0.15) is 0 Å². The Balaban J connectivity index is 2.17. The Kier molecular flexibility index (Phi) is 3.09. The summed E-state index contributed by atoms with van der Waals surface area (Å²) >= 11 is 0. The van der Waals surface area contributed by atoms with Crippen molar-refractivity contribution in [1.82, 2.24) is 4.98 Å². The smallest absolute Gasteiger partial charge is 0.213 e. The van der Waals surface area contributed by atoms with Crippen LogP contribution in [0.5, 0.6) is 5.88 Å². The molecule has 0 saturated heterocycles. The largest absolute Gasteiger partial charge is 0.477 e. The Morgan fingerprint density at radius 1 is 1.24 bits per heavy atom. The number of para-hydroxylation sites is 1. The van der Waals surface area contributed by atoms with Crippen molar-refractivity contribution in [1.29, 1.82) is 0 Å². The summed E-state index contributed by atoms with van der Waals surface area (Å²) < 4.78 is 5.50. The molecule has 0 fully saturated rings. The van der Waals surface area contributed by atoms with Crippen LogP contribution in [-0.2, 0) is 4.79 Å². The second-order valence-electron chi connectivity index (χ2n) is 4.62. The van der Waals surface area contributed by atoms with E-state index in [-0.39, 0.29) is 6.61 Å². The lowest BCUT2D eigenvalue weighted by atomic mass is 9.98. The van der Waals surface area contributed by atoms with E-state index in [9.17, 15) is 4.79 Å². The van der Waals surface area contributed by atoms with Crippen LogP contribution in [0.4, 0.5) is 0 Å². The third-order valence-electron chi connectivity index (χ3n) is 2.43. The molecule has 1 aromatic carbocycles. The molecule has 17 heavy (non-hydrogen) atoms. The van der Waals surface area contributed by atoms with Gasteiger partial charge in [-0.3, -0.25) is 4.79 Å². The lowest BCUT2D eigenvalue weighted by molar-refractivity contribution is 0.224. The van der Waals surface area contributed by atoms with Crippen molar-refractivity contribution in [3.8, 4) is 5.88 Å². The molecule has 0 unspecified atom stereocenters. The van der Waals surface area contributed by atoms with Crippen LogP contribution in [0.3, 0.4) is 0 Å². The van der Waals surface area contributed by atoms with E-state index in [4.69, 9.17) is 4.74 Å². The first-order valence-electron chi connectivity index (χ1n) is 5.49. The molecule has 3 heteroatoms. The molecule has 0 aliphatic carbocycles. The number of carbonyl (C=O) groups excluding carboxylic acids is 1. The second kappa shape index (κ2) is 4.53. The fourth-order valence-corrected chi connectivity index (χ4v) is 1.41. The fourth-order valence-electron chi connectivity index (χ4n) is 1.41. The molecule has 1 radical (unpaired) electrons. The molecule has 0 spiro atoms. The van der Waals surface area contributed by atoms with Gasteiger partial charge in [-0.25, -0.2) is 4.98 Å². The molecule has 3 nitrogen and oxygen atoms in total. The summed E-state index contributed by atoms with van der Waals surface area (Å²) in [7, 11) is 0. The molecule has 2 aromatic rings. The van der Waals surface area contributed by atoms with Crippen LogP contribution >= 0.6 is 0 Å². The van der Waals surface area contributed by atoms with Gasteiger partial charge in [0.25, 0.3) is 0 Å². The van der Waals surface area contributed by atoms with E-state index in [0.717, 1.165) is 10.9 Å². The number of pyridine rings is 1. The highest BCUT2D eigenvalue weighted by atomic mass is 16.5. The standard InChI is InChI=1S/C14H14NO2/c1-14(2,9-16)10-17-13-8-7-11-5-3-4-6-12(11)15-13/h3-8H,10H2,1-2H3. The van der Waals surface area contributed by atoms with Gasteiger partial charge < -0.3 is 4.74 Å². The summed E-state index contributed by atoms with van der Waals surface area (Å²) in [6, 6.07) is 11.6. The fraction of sp³-hybridized carbons (Fsp3) is 0.286. The summed E-state index contributed by atoms with van der Waals surface area (Å²) in [5, 5.41) is 1.07. The van der Waals surface area contributed by atoms with Crippen LogP contribution in [0.2, 0.25) is 0 Å². The lowest BCUT2D eigenvalue weighted by Crippen LogP contribution is -2.22. The van der Waals surface area contributed by atoms with Gasteiger partial charge >= 0.3 is 0 Å². The number of nitrogens with zero attached hydrogens (tertiary/aromatic N) is 1. The third-order valence-corrected chi connectivity index (χ3v) is 2.43. The number of hydrogen-bond acceptors (Lipinski definition) is 3. The molecule has 0 aliphatic heterocycles. The maximum atomic E-state index is 10.6. The van der Waals surface area contributed by atoms with Gasteiger partial charge in [-0.05, 0) is 26.0 Å². The van der Waals surface area contributed by atoms with Crippen molar-refractivity contribution in [2.45, 2.75) is 13.8 Å². The molecule has 0 saturated carbocycles. The molecule has 0 atom stereocenters. The van der Waals surface area contributed by atoms with E-state index in [1.54, 1.807) is 13.8 Å². The predicted molar refractivity (Wildman–Crippen MR) is 66.7 cm³/mol. The van der Waals surface area contributed by atoms with E-state index in [2.05, 4.69) is 4.98 Å². The third kappa shape index (κ3) is 2.81. The minimum absolute atomic E-state index is 0.280. The molecule has 0 aliphatic rings. The summed E-state index contributed by atoms with van der Waals surface area (Å²) in [5.41, 5.74) is 0.283. The molecule has 2 rings (SSSR count). The van der Waals surface area contributed by atoms with E-state index in [1.807, 2.05) is 42.7 Å². The zero-order valence-electron chi connectivity index (χ0n) is 9.93. The maximum absolute atomic E-state index is 10.6. The first-order valence-corrected chi connectivity index (χ1v) is 5.49. The Morgan fingerprint density at radius 2 is 2.00 bits per heavy atom. The zero-order chi connectivity index (χ0) is 12.3. The van der Waals surface area contributed by atoms with Crippen molar-refractivity contribution in [2.24, 2.45) is 5.41 Å². The highest BCUT2D eigenvalue weighted by molar-refractivity contribution is 5.78. The van der Waals surface area contributed by atoms with Gasteiger partial charge in [0.05, 0.1) is 10.9 Å². The number of fused-ring (bicyclic) bond motifs is 1. The van der Waals surface area contributed by atoms with Crippen LogP contribution in [0.15, 0.2) is 36.4 Å².